The molecule has 1 aromatic carbocycles. The fraction of sp³-hybridized carbons (Fsp3) is 0.308. The average Bonchev–Trinajstić information content (AvgIpc) is 2.63. The Kier molecular flexibility index (Phi) is 3.30. The minimum Gasteiger partial charge on any atom is -0.358 e. The van der Waals surface area contributed by atoms with Gasteiger partial charge >= 0.3 is 0 Å². The van der Waals surface area contributed by atoms with Gasteiger partial charge in [0.1, 0.15) is 0 Å². The van der Waals surface area contributed by atoms with Gasteiger partial charge in [-0.1, -0.05) is 11.6 Å². The second kappa shape index (κ2) is 4.71. The van der Waals surface area contributed by atoms with Gasteiger partial charge in [-0.15, -0.1) is 11.6 Å². The summed E-state index contributed by atoms with van der Waals surface area (Å²) in [7, 11) is 0. The number of aromatic amines is 1. The van der Waals surface area contributed by atoms with E-state index < -0.39 is 0 Å². The molecule has 0 aliphatic carbocycles. The van der Waals surface area contributed by atoms with Crippen molar-refractivity contribution < 1.29 is 4.79 Å². The van der Waals surface area contributed by atoms with Gasteiger partial charge in [-0.25, -0.2) is 0 Å². The summed E-state index contributed by atoms with van der Waals surface area (Å²) in [4.78, 5) is 14.4. The van der Waals surface area contributed by atoms with E-state index in [9.17, 15) is 4.79 Å². The normalized spacial score (nSPS) is 10.9. The first kappa shape index (κ1) is 11.2. The molecule has 0 atom stereocenters. The van der Waals surface area contributed by atoms with Crippen molar-refractivity contribution >= 4 is 28.8 Å². The van der Waals surface area contributed by atoms with Crippen LogP contribution in [0.1, 0.15) is 28.0 Å². The number of aromatic nitrogens is 1. The third-order valence-corrected chi connectivity index (χ3v) is 3.02. The van der Waals surface area contributed by atoms with Gasteiger partial charge in [-0.05, 0) is 31.9 Å². The molecule has 84 valence electrons. The molecule has 2 nitrogen and oxygen atoms in total. The molecule has 1 heterocycles. The van der Waals surface area contributed by atoms with Gasteiger partial charge in [0.25, 0.3) is 0 Å². The molecule has 1 aromatic heterocycles. The molecule has 3 heteroatoms. The first-order chi connectivity index (χ1) is 7.76. The summed E-state index contributed by atoms with van der Waals surface area (Å²) in [5.74, 6) is 0.618. The SMILES string of the molecule is Cc1ccc2[nH]c(CCCCl)c(C=O)c2c1. The maximum absolute atomic E-state index is 11.1. The summed E-state index contributed by atoms with van der Waals surface area (Å²) in [5, 5.41) is 1.01. The van der Waals surface area contributed by atoms with Gasteiger partial charge in [0.05, 0.1) is 0 Å². The van der Waals surface area contributed by atoms with Gasteiger partial charge < -0.3 is 4.98 Å². The van der Waals surface area contributed by atoms with E-state index in [1.165, 1.54) is 5.56 Å². The molecular weight excluding hydrogens is 222 g/mol. The largest absolute Gasteiger partial charge is 0.358 e. The zero-order valence-electron chi connectivity index (χ0n) is 9.22. The summed E-state index contributed by atoms with van der Waals surface area (Å²) < 4.78 is 0. The molecule has 0 radical (unpaired) electrons. The Morgan fingerprint density at radius 2 is 2.25 bits per heavy atom. The third-order valence-electron chi connectivity index (χ3n) is 2.75. The van der Waals surface area contributed by atoms with Crippen molar-refractivity contribution in [3.05, 3.63) is 35.0 Å². The standard InChI is InChI=1S/C13H14ClNO/c1-9-4-5-13-10(7-9)11(8-16)12(15-13)3-2-6-14/h4-5,7-8,15H,2-3,6H2,1H3. The molecule has 0 fully saturated rings. The monoisotopic (exact) mass is 235 g/mol. The number of alkyl halides is 1. The Morgan fingerprint density at radius 1 is 1.44 bits per heavy atom. The number of hydrogen-bond acceptors (Lipinski definition) is 1. The Labute approximate surface area is 99.6 Å². The average molecular weight is 236 g/mol. The molecule has 1 N–H and O–H groups in total. The lowest BCUT2D eigenvalue weighted by atomic mass is 10.1. The summed E-state index contributed by atoms with van der Waals surface area (Å²) in [6, 6.07) is 6.10. The van der Waals surface area contributed by atoms with Gasteiger partial charge in [0, 0.05) is 28.0 Å². The lowest BCUT2D eigenvalue weighted by Gasteiger charge is -1.96. The highest BCUT2D eigenvalue weighted by molar-refractivity contribution is 6.17. The predicted octanol–water partition coefficient (Wildman–Crippen LogP) is 3.46. The van der Waals surface area contributed by atoms with Crippen LogP contribution in [0.2, 0.25) is 0 Å². The summed E-state index contributed by atoms with van der Waals surface area (Å²) >= 11 is 5.67. The predicted molar refractivity (Wildman–Crippen MR) is 67.5 cm³/mol. The Bertz CT molecular complexity index is 516. The highest BCUT2D eigenvalue weighted by atomic mass is 35.5. The van der Waals surface area contributed by atoms with Crippen LogP contribution < -0.4 is 0 Å². The first-order valence-electron chi connectivity index (χ1n) is 5.38. The first-order valence-corrected chi connectivity index (χ1v) is 5.92. The van der Waals surface area contributed by atoms with Crippen LogP contribution in [0.25, 0.3) is 10.9 Å². The van der Waals surface area contributed by atoms with Crippen LogP contribution in [0.15, 0.2) is 18.2 Å². The number of hydrogen-bond donors (Lipinski definition) is 1. The molecule has 2 rings (SSSR count). The number of nitrogens with one attached hydrogen (secondary N) is 1. The molecule has 0 aliphatic heterocycles. The topological polar surface area (TPSA) is 32.9 Å². The number of aldehydes is 1. The molecule has 2 aromatic rings. The number of benzene rings is 1. The quantitative estimate of drug-likeness (QED) is 0.639. The second-order valence-corrected chi connectivity index (χ2v) is 4.35. The molecule has 0 aliphatic rings. The van der Waals surface area contributed by atoms with Crippen LogP contribution in [0.3, 0.4) is 0 Å². The minimum absolute atomic E-state index is 0.618. The zero-order valence-corrected chi connectivity index (χ0v) is 9.97. The Morgan fingerprint density at radius 3 is 2.94 bits per heavy atom. The molecular formula is C13H14ClNO. The number of halogens is 1. The highest BCUT2D eigenvalue weighted by Gasteiger charge is 2.10. The van der Waals surface area contributed by atoms with Crippen molar-refractivity contribution in [2.45, 2.75) is 19.8 Å². The minimum atomic E-state index is 0.618. The zero-order chi connectivity index (χ0) is 11.5. The molecule has 0 spiro atoms. The maximum atomic E-state index is 11.1. The second-order valence-electron chi connectivity index (χ2n) is 3.98. The molecule has 0 bridgehead atoms. The van der Waals surface area contributed by atoms with Crippen LogP contribution in [-0.4, -0.2) is 17.2 Å². The van der Waals surface area contributed by atoms with E-state index in [1.807, 2.05) is 25.1 Å². The number of H-pyrrole nitrogens is 1. The molecule has 0 saturated heterocycles. The van der Waals surface area contributed by atoms with Crippen molar-refractivity contribution in [3.63, 3.8) is 0 Å². The smallest absolute Gasteiger partial charge is 0.152 e. The van der Waals surface area contributed by atoms with Gasteiger partial charge in [-0.3, -0.25) is 4.79 Å². The highest BCUT2D eigenvalue weighted by Crippen LogP contribution is 2.23. The number of carbonyl (C=O) groups excluding carboxylic acids is 1. The van der Waals surface area contributed by atoms with E-state index >= 15 is 0 Å². The summed E-state index contributed by atoms with van der Waals surface area (Å²) in [6.07, 6.45) is 2.64. The summed E-state index contributed by atoms with van der Waals surface area (Å²) in [6.45, 7) is 2.03. The van der Waals surface area contributed by atoms with Crippen LogP contribution in [0.4, 0.5) is 0 Å². The van der Waals surface area contributed by atoms with E-state index in [2.05, 4.69) is 4.98 Å². The van der Waals surface area contributed by atoms with E-state index in [0.29, 0.717) is 5.88 Å². The van der Waals surface area contributed by atoms with Crippen molar-refractivity contribution in [2.24, 2.45) is 0 Å². The van der Waals surface area contributed by atoms with Crippen molar-refractivity contribution in [3.8, 4) is 0 Å². The van der Waals surface area contributed by atoms with Crippen LogP contribution in [0.5, 0.6) is 0 Å². The van der Waals surface area contributed by atoms with Crippen LogP contribution in [-0.2, 0) is 6.42 Å². The molecule has 0 saturated carbocycles. The van der Waals surface area contributed by atoms with Crippen LogP contribution in [0, 0.1) is 6.92 Å². The Balaban J connectivity index is 2.53. The Hall–Kier alpha value is -1.28. The van der Waals surface area contributed by atoms with Gasteiger partial charge in [0.2, 0.25) is 0 Å². The van der Waals surface area contributed by atoms with E-state index in [0.717, 1.165) is 41.3 Å². The third kappa shape index (κ3) is 1.98. The van der Waals surface area contributed by atoms with Crippen molar-refractivity contribution in [1.82, 2.24) is 4.98 Å². The van der Waals surface area contributed by atoms with Crippen molar-refractivity contribution in [1.29, 1.82) is 0 Å². The lowest BCUT2D eigenvalue weighted by Crippen LogP contribution is -1.91. The fourth-order valence-electron chi connectivity index (χ4n) is 1.96. The van der Waals surface area contributed by atoms with Gasteiger partial charge in [0.15, 0.2) is 6.29 Å². The lowest BCUT2D eigenvalue weighted by molar-refractivity contribution is 0.112. The van der Waals surface area contributed by atoms with E-state index in [4.69, 9.17) is 11.6 Å². The molecule has 0 unspecified atom stereocenters. The van der Waals surface area contributed by atoms with Crippen LogP contribution >= 0.6 is 11.6 Å². The van der Waals surface area contributed by atoms with Crippen molar-refractivity contribution in [2.75, 3.05) is 5.88 Å². The number of fused-ring (bicyclic) bond motifs is 1. The van der Waals surface area contributed by atoms with Gasteiger partial charge in [-0.2, -0.15) is 0 Å². The molecule has 16 heavy (non-hydrogen) atoms. The van der Waals surface area contributed by atoms with E-state index in [-0.39, 0.29) is 0 Å². The number of aryl methyl sites for hydroxylation is 2. The maximum Gasteiger partial charge on any atom is 0.152 e. The van der Waals surface area contributed by atoms with E-state index in [1.54, 1.807) is 0 Å². The fourth-order valence-corrected chi connectivity index (χ4v) is 2.09. The molecule has 0 amide bonds. The summed E-state index contributed by atoms with van der Waals surface area (Å²) in [5.41, 5.74) is 3.97. The number of carbonyl (C=O) groups is 1. The number of rotatable bonds is 4.